The number of ether oxygens (including phenoxy) is 2. The number of unbranched alkanes of at least 4 members (excludes halogenated alkanes) is 1. The van der Waals surface area contributed by atoms with E-state index in [1.807, 2.05) is 6.07 Å². The lowest BCUT2D eigenvalue weighted by Crippen LogP contribution is -2.29. The highest BCUT2D eigenvalue weighted by molar-refractivity contribution is 6.33. The van der Waals surface area contributed by atoms with Gasteiger partial charge in [0.05, 0.1) is 24.3 Å². The van der Waals surface area contributed by atoms with Gasteiger partial charge in [0.15, 0.2) is 0 Å². The minimum absolute atomic E-state index is 0.350. The van der Waals surface area contributed by atoms with Crippen LogP contribution in [-0.2, 0) is 4.74 Å². The molecule has 0 amide bonds. The fourth-order valence-electron chi connectivity index (χ4n) is 4.72. The first kappa shape index (κ1) is 21.2. The van der Waals surface area contributed by atoms with Gasteiger partial charge in [-0.3, -0.25) is 0 Å². The van der Waals surface area contributed by atoms with Gasteiger partial charge in [-0.05, 0) is 73.4 Å². The zero-order valence-electron chi connectivity index (χ0n) is 17.8. The van der Waals surface area contributed by atoms with Crippen LogP contribution in [0.1, 0.15) is 60.9 Å². The summed E-state index contributed by atoms with van der Waals surface area (Å²) in [5, 5.41) is 3.88. The van der Waals surface area contributed by atoms with Crippen molar-refractivity contribution in [3.63, 3.8) is 0 Å². The van der Waals surface area contributed by atoms with E-state index >= 15 is 0 Å². The van der Waals surface area contributed by atoms with Crippen molar-refractivity contribution in [1.29, 1.82) is 0 Å². The van der Waals surface area contributed by atoms with Crippen LogP contribution in [0.3, 0.4) is 0 Å². The van der Waals surface area contributed by atoms with E-state index in [1.54, 1.807) is 13.2 Å². The Morgan fingerprint density at radius 1 is 1.20 bits per heavy atom. The molecule has 1 heterocycles. The molecule has 0 unspecified atom stereocenters. The topological polar surface area (TPSA) is 47.6 Å². The van der Waals surface area contributed by atoms with Gasteiger partial charge in [-0.1, -0.05) is 49.2 Å². The zero-order valence-corrected chi connectivity index (χ0v) is 18.6. The highest BCUT2D eigenvalue weighted by atomic mass is 35.5. The average molecular weight is 428 g/mol. The summed E-state index contributed by atoms with van der Waals surface area (Å²) in [6.45, 7) is 4.74. The Kier molecular flexibility index (Phi) is 6.35. The molecule has 0 radical (unpaired) electrons. The summed E-state index contributed by atoms with van der Waals surface area (Å²) in [5.41, 5.74) is 4.16. The third-order valence-electron chi connectivity index (χ3n) is 6.63. The Morgan fingerprint density at radius 2 is 1.93 bits per heavy atom. The minimum atomic E-state index is -0.350. The Morgan fingerprint density at radius 3 is 2.60 bits per heavy atom. The lowest BCUT2D eigenvalue weighted by atomic mass is 9.89. The molecule has 4 nitrogen and oxygen atoms in total. The maximum atomic E-state index is 12.5. The van der Waals surface area contributed by atoms with E-state index in [1.165, 1.54) is 24.8 Å². The van der Waals surface area contributed by atoms with Crippen molar-refractivity contribution >= 4 is 17.6 Å². The van der Waals surface area contributed by atoms with E-state index in [0.717, 1.165) is 37.1 Å². The summed E-state index contributed by atoms with van der Waals surface area (Å²) < 4.78 is 10.9. The van der Waals surface area contributed by atoms with Crippen LogP contribution in [0, 0.1) is 5.41 Å². The maximum Gasteiger partial charge on any atom is 0.338 e. The number of benzene rings is 2. The molecule has 0 bridgehead atoms. The summed E-state index contributed by atoms with van der Waals surface area (Å²) in [7, 11) is 1.60. The number of methoxy groups -OCH3 is 1. The van der Waals surface area contributed by atoms with Crippen LogP contribution >= 0.6 is 11.6 Å². The van der Waals surface area contributed by atoms with Gasteiger partial charge in [0, 0.05) is 5.56 Å². The second-order valence-electron chi connectivity index (χ2n) is 8.52. The van der Waals surface area contributed by atoms with Crippen molar-refractivity contribution in [2.75, 3.05) is 26.8 Å². The van der Waals surface area contributed by atoms with Crippen molar-refractivity contribution < 1.29 is 14.3 Å². The van der Waals surface area contributed by atoms with Gasteiger partial charge < -0.3 is 14.8 Å². The molecular weight excluding hydrogens is 398 g/mol. The molecule has 2 aromatic carbocycles. The molecule has 1 atom stereocenters. The van der Waals surface area contributed by atoms with Crippen LogP contribution in [-0.4, -0.2) is 32.8 Å². The average Bonchev–Trinajstić information content (AvgIpc) is 3.46. The Labute approximate surface area is 183 Å². The number of hydrogen-bond donors (Lipinski definition) is 1. The van der Waals surface area contributed by atoms with Gasteiger partial charge in [-0.2, -0.15) is 0 Å². The van der Waals surface area contributed by atoms with Crippen LogP contribution in [0.15, 0.2) is 36.4 Å². The number of esters is 1. The first-order valence-electron chi connectivity index (χ1n) is 10.9. The van der Waals surface area contributed by atoms with Crippen LogP contribution in [0.4, 0.5) is 0 Å². The third-order valence-corrected chi connectivity index (χ3v) is 6.91. The molecule has 1 saturated heterocycles. The first-order chi connectivity index (χ1) is 14.6. The molecule has 30 heavy (non-hydrogen) atoms. The molecule has 1 saturated carbocycles. The molecule has 160 valence electrons. The molecule has 1 spiro atoms. The van der Waals surface area contributed by atoms with E-state index in [-0.39, 0.29) is 5.97 Å². The highest BCUT2D eigenvalue weighted by Crippen LogP contribution is 2.64. The van der Waals surface area contributed by atoms with Gasteiger partial charge in [-0.15, -0.1) is 0 Å². The predicted octanol–water partition coefficient (Wildman–Crippen LogP) is 5.83. The molecule has 2 aliphatic rings. The van der Waals surface area contributed by atoms with Crippen LogP contribution < -0.4 is 10.1 Å². The number of carbonyl (C=O) groups is 1. The van der Waals surface area contributed by atoms with E-state index in [0.29, 0.717) is 34.3 Å². The lowest BCUT2D eigenvalue weighted by Gasteiger charge is -2.23. The Hall–Kier alpha value is -2.04. The molecule has 1 N–H and O–H groups in total. The quantitative estimate of drug-likeness (QED) is 0.446. The minimum Gasteiger partial charge on any atom is -0.495 e. The monoisotopic (exact) mass is 427 g/mol. The molecule has 5 heteroatoms. The van der Waals surface area contributed by atoms with Gasteiger partial charge in [0.2, 0.25) is 0 Å². The van der Waals surface area contributed by atoms with Gasteiger partial charge in [-0.25, -0.2) is 4.79 Å². The van der Waals surface area contributed by atoms with E-state index < -0.39 is 0 Å². The highest BCUT2D eigenvalue weighted by Gasteiger charge is 2.54. The SMILES string of the molecule is CCCCOC(=O)c1cc(Cl)c(OC)c(-c2ccc([C@H]3CC34CCNCC4)cc2)c1. The van der Waals surface area contributed by atoms with Gasteiger partial charge in [0.25, 0.3) is 0 Å². The third kappa shape index (κ3) is 4.21. The number of hydrogen-bond acceptors (Lipinski definition) is 4. The van der Waals surface area contributed by atoms with Crippen LogP contribution in [0.5, 0.6) is 5.75 Å². The van der Waals surface area contributed by atoms with E-state index in [4.69, 9.17) is 21.1 Å². The summed E-state index contributed by atoms with van der Waals surface area (Å²) in [5.74, 6) is 0.895. The van der Waals surface area contributed by atoms with Crippen LogP contribution in [0.25, 0.3) is 11.1 Å². The number of halogens is 1. The molecule has 0 aromatic heterocycles. The lowest BCUT2D eigenvalue weighted by molar-refractivity contribution is 0.0500. The van der Waals surface area contributed by atoms with Crippen molar-refractivity contribution in [1.82, 2.24) is 5.32 Å². The Bertz CT molecular complexity index is 903. The number of nitrogens with one attached hydrogen (secondary N) is 1. The van der Waals surface area contributed by atoms with Crippen molar-refractivity contribution in [2.24, 2.45) is 5.41 Å². The Balaban J connectivity index is 1.57. The molecule has 2 aromatic rings. The van der Waals surface area contributed by atoms with Crippen molar-refractivity contribution in [3.8, 4) is 16.9 Å². The number of rotatable bonds is 7. The summed E-state index contributed by atoms with van der Waals surface area (Å²) in [6, 6.07) is 12.1. The smallest absolute Gasteiger partial charge is 0.338 e. The fraction of sp³-hybridized carbons (Fsp3) is 0.480. The normalized spacial score (nSPS) is 19.5. The van der Waals surface area contributed by atoms with Gasteiger partial charge >= 0.3 is 5.97 Å². The van der Waals surface area contributed by atoms with Crippen molar-refractivity contribution in [2.45, 2.75) is 44.9 Å². The fourth-order valence-corrected chi connectivity index (χ4v) is 5.01. The van der Waals surface area contributed by atoms with E-state index in [2.05, 4.69) is 36.5 Å². The molecule has 1 aliphatic carbocycles. The van der Waals surface area contributed by atoms with E-state index in [9.17, 15) is 4.79 Å². The first-order valence-corrected chi connectivity index (χ1v) is 11.3. The number of piperidine rings is 1. The zero-order chi connectivity index (χ0) is 21.1. The number of carbonyl (C=O) groups excluding carboxylic acids is 1. The standard InChI is InChI=1S/C25H30ClNO3/c1-3-4-13-30-24(28)19-14-20(23(29-2)22(26)15-19)17-5-7-18(8-6-17)21-16-25(21)9-11-27-12-10-25/h5-8,14-15,21,27H,3-4,9-13,16H2,1-2H3/t21-/m1/s1. The summed E-state index contributed by atoms with van der Waals surface area (Å²) >= 11 is 6.44. The second kappa shape index (κ2) is 8.99. The molecule has 2 fully saturated rings. The largest absolute Gasteiger partial charge is 0.495 e. The summed E-state index contributed by atoms with van der Waals surface area (Å²) in [6.07, 6.45) is 5.66. The maximum absolute atomic E-state index is 12.5. The molecule has 4 rings (SSSR count). The van der Waals surface area contributed by atoms with Crippen LogP contribution in [0.2, 0.25) is 5.02 Å². The molecule has 1 aliphatic heterocycles. The second-order valence-corrected chi connectivity index (χ2v) is 8.93. The van der Waals surface area contributed by atoms with Gasteiger partial charge in [0.1, 0.15) is 5.75 Å². The summed E-state index contributed by atoms with van der Waals surface area (Å²) in [4.78, 5) is 12.5. The predicted molar refractivity (Wildman–Crippen MR) is 121 cm³/mol. The molecular formula is C25H30ClNO3. The van der Waals surface area contributed by atoms with Crippen molar-refractivity contribution in [3.05, 3.63) is 52.5 Å².